The van der Waals surface area contributed by atoms with Crippen molar-refractivity contribution in [2.75, 3.05) is 0 Å². The molecule has 56 heavy (non-hydrogen) atoms. The Labute approximate surface area is 329 Å². The van der Waals surface area contributed by atoms with Crippen LogP contribution in [0, 0.1) is 0 Å². The summed E-state index contributed by atoms with van der Waals surface area (Å²) in [5.41, 5.74) is 11.7. The van der Waals surface area contributed by atoms with E-state index in [2.05, 4.69) is 209 Å². The number of benzene rings is 8. The molecule has 0 saturated carbocycles. The number of rotatable bonds is 6. The highest BCUT2D eigenvalue weighted by Crippen LogP contribution is 2.42. The van der Waals surface area contributed by atoms with E-state index < -0.39 is 0 Å². The van der Waals surface area contributed by atoms with E-state index in [0.717, 1.165) is 28.2 Å². The average molecular weight is 737 g/mol. The Morgan fingerprint density at radius 2 is 1.14 bits per heavy atom. The fourth-order valence-corrected chi connectivity index (χ4v) is 9.61. The van der Waals surface area contributed by atoms with Gasteiger partial charge in [-0.3, -0.25) is 5.32 Å². The predicted octanol–water partition coefficient (Wildman–Crippen LogP) is 12.8. The van der Waals surface area contributed by atoms with E-state index in [-0.39, 0.29) is 12.3 Å². The Morgan fingerprint density at radius 3 is 2.00 bits per heavy atom. The summed E-state index contributed by atoms with van der Waals surface area (Å²) in [5.74, 6) is 0.869. The van der Waals surface area contributed by atoms with Gasteiger partial charge in [-0.15, -0.1) is 11.3 Å². The molecule has 11 rings (SSSR count). The summed E-state index contributed by atoms with van der Waals surface area (Å²) in [6.45, 7) is 0. The van der Waals surface area contributed by atoms with Crippen molar-refractivity contribution in [2.24, 2.45) is 4.99 Å². The first-order chi connectivity index (χ1) is 27.7. The van der Waals surface area contributed by atoms with Gasteiger partial charge in [0.25, 0.3) is 0 Å². The van der Waals surface area contributed by atoms with Gasteiger partial charge in [-0.25, -0.2) is 4.99 Å². The zero-order valence-electron chi connectivity index (χ0n) is 30.4. The van der Waals surface area contributed by atoms with E-state index in [9.17, 15) is 0 Å². The van der Waals surface area contributed by atoms with Crippen LogP contribution in [0.1, 0.15) is 29.0 Å². The zero-order valence-corrected chi connectivity index (χ0v) is 31.2. The molecule has 5 heteroatoms. The van der Waals surface area contributed by atoms with Crippen molar-refractivity contribution in [3.63, 3.8) is 0 Å². The maximum absolute atomic E-state index is 5.21. The molecule has 8 aromatic carbocycles. The van der Waals surface area contributed by atoms with Gasteiger partial charge in [0.2, 0.25) is 0 Å². The van der Waals surface area contributed by atoms with Crippen LogP contribution >= 0.6 is 11.3 Å². The van der Waals surface area contributed by atoms with Crippen molar-refractivity contribution in [3.8, 4) is 27.9 Å². The van der Waals surface area contributed by atoms with Gasteiger partial charge in [-0.1, -0.05) is 152 Å². The second kappa shape index (κ2) is 13.5. The summed E-state index contributed by atoms with van der Waals surface area (Å²) in [7, 11) is 0. The van der Waals surface area contributed by atoms with Crippen molar-refractivity contribution < 1.29 is 0 Å². The number of nitrogens with one attached hydrogen (secondary N) is 2. The molecule has 0 spiro atoms. The SMILES string of the molecule is c1ccc(-c2cccc(C3=NC(c4ccccc4)NC(c4ccc(-n5c6ccccc6c6cc(-c7cccc8c7sc7ccccc78)ccc65)cc4)N3)c2)cc1. The first kappa shape index (κ1) is 32.6. The Hall–Kier alpha value is -6.79. The summed E-state index contributed by atoms with van der Waals surface area (Å²) < 4.78 is 5.06. The van der Waals surface area contributed by atoms with Gasteiger partial charge in [0.15, 0.2) is 0 Å². The monoisotopic (exact) mass is 736 g/mol. The molecule has 1 aliphatic heterocycles. The van der Waals surface area contributed by atoms with Crippen LogP contribution in [0.25, 0.3) is 69.9 Å². The van der Waals surface area contributed by atoms with Crippen LogP contribution in [0.4, 0.5) is 0 Å². The molecule has 2 N–H and O–H groups in total. The standard InChI is InChI=1S/C51H36N4S/c1-3-13-33(14-4-1)36-17-11-18-38(31-36)51-53-49(34-15-5-2-6-16-34)52-50(54-51)35-25-28-39(29-26-35)55-45-23-9-7-19-41(45)44-32-37(27-30-46(44)55)40-21-12-22-43-42-20-8-10-24-47(42)56-48(40)43/h1-32,49-50,52H,(H,53,54). The third kappa shape index (κ3) is 5.60. The van der Waals surface area contributed by atoms with Crippen molar-refractivity contribution in [1.82, 2.24) is 15.2 Å². The van der Waals surface area contributed by atoms with E-state index in [0.29, 0.717) is 0 Å². The lowest BCUT2D eigenvalue weighted by atomic mass is 10.0. The predicted molar refractivity (Wildman–Crippen MR) is 236 cm³/mol. The molecule has 2 unspecified atom stereocenters. The van der Waals surface area contributed by atoms with E-state index in [1.807, 2.05) is 11.3 Å². The third-order valence-electron chi connectivity index (χ3n) is 11.1. The van der Waals surface area contributed by atoms with Gasteiger partial charge in [-0.05, 0) is 75.8 Å². The lowest BCUT2D eigenvalue weighted by Crippen LogP contribution is -2.44. The Balaban J connectivity index is 0.964. The molecule has 1 aliphatic rings. The number of aliphatic imine (C=N–C) groups is 1. The molecule has 266 valence electrons. The van der Waals surface area contributed by atoms with E-state index >= 15 is 0 Å². The molecule has 0 radical (unpaired) electrons. The summed E-state index contributed by atoms with van der Waals surface area (Å²) in [4.78, 5) is 5.21. The summed E-state index contributed by atoms with van der Waals surface area (Å²) in [5, 5.41) is 12.7. The number of amidine groups is 1. The van der Waals surface area contributed by atoms with Crippen LogP contribution in [0.5, 0.6) is 0 Å². The maximum atomic E-state index is 5.21. The molecule has 0 amide bonds. The average Bonchev–Trinajstić information content (AvgIpc) is 3.83. The van der Waals surface area contributed by atoms with E-state index in [4.69, 9.17) is 4.99 Å². The van der Waals surface area contributed by atoms with Gasteiger partial charge in [0.1, 0.15) is 18.2 Å². The fourth-order valence-electron chi connectivity index (χ4n) is 8.37. The normalized spacial score (nSPS) is 15.7. The van der Waals surface area contributed by atoms with E-state index in [1.54, 1.807) is 0 Å². The molecule has 4 nitrogen and oxygen atoms in total. The fraction of sp³-hybridized carbons (Fsp3) is 0.0392. The van der Waals surface area contributed by atoms with Crippen LogP contribution in [-0.2, 0) is 0 Å². The molecule has 3 heterocycles. The molecule has 2 aromatic heterocycles. The summed E-state index contributed by atoms with van der Waals surface area (Å²) >= 11 is 1.88. The lowest BCUT2D eigenvalue weighted by molar-refractivity contribution is 0.409. The Kier molecular flexibility index (Phi) is 7.87. The molecule has 2 atom stereocenters. The van der Waals surface area contributed by atoms with Crippen LogP contribution in [0.3, 0.4) is 0 Å². The Bertz CT molecular complexity index is 3090. The third-order valence-corrected chi connectivity index (χ3v) is 12.3. The topological polar surface area (TPSA) is 41.4 Å². The number of hydrogen-bond acceptors (Lipinski definition) is 4. The van der Waals surface area contributed by atoms with Gasteiger partial charge in [0, 0.05) is 42.2 Å². The smallest absolute Gasteiger partial charge is 0.131 e. The maximum Gasteiger partial charge on any atom is 0.131 e. The number of nitrogens with zero attached hydrogens (tertiary/aromatic N) is 2. The second-order valence-electron chi connectivity index (χ2n) is 14.4. The molecule has 0 fully saturated rings. The van der Waals surface area contributed by atoms with Crippen molar-refractivity contribution >= 4 is 59.2 Å². The molecule has 0 aliphatic carbocycles. The second-order valence-corrected chi connectivity index (χ2v) is 15.5. The number of para-hydroxylation sites is 1. The number of hydrogen-bond donors (Lipinski definition) is 2. The van der Waals surface area contributed by atoms with Gasteiger partial charge >= 0.3 is 0 Å². The first-order valence-electron chi connectivity index (χ1n) is 19.1. The van der Waals surface area contributed by atoms with Gasteiger partial charge in [-0.2, -0.15) is 0 Å². The highest BCUT2D eigenvalue weighted by atomic mass is 32.1. The Morgan fingerprint density at radius 1 is 0.464 bits per heavy atom. The minimum Gasteiger partial charge on any atom is -0.350 e. The van der Waals surface area contributed by atoms with Crippen molar-refractivity contribution in [1.29, 1.82) is 0 Å². The lowest BCUT2D eigenvalue weighted by Gasteiger charge is -2.32. The number of thiophene rings is 1. The minimum absolute atomic E-state index is 0.153. The zero-order chi connectivity index (χ0) is 37.0. The highest BCUT2D eigenvalue weighted by molar-refractivity contribution is 7.26. The van der Waals surface area contributed by atoms with Crippen LogP contribution < -0.4 is 10.6 Å². The first-order valence-corrected chi connectivity index (χ1v) is 19.9. The van der Waals surface area contributed by atoms with Crippen LogP contribution in [-0.4, -0.2) is 10.4 Å². The van der Waals surface area contributed by atoms with Gasteiger partial charge in [0.05, 0.1) is 11.0 Å². The van der Waals surface area contributed by atoms with Crippen LogP contribution in [0.2, 0.25) is 0 Å². The molecule has 10 aromatic rings. The summed E-state index contributed by atoms with van der Waals surface area (Å²) in [6, 6.07) is 69.8. The quantitative estimate of drug-likeness (QED) is 0.178. The number of aromatic nitrogens is 1. The van der Waals surface area contributed by atoms with Crippen molar-refractivity contribution in [3.05, 3.63) is 211 Å². The number of fused-ring (bicyclic) bond motifs is 6. The summed E-state index contributed by atoms with van der Waals surface area (Å²) in [6.07, 6.45) is -0.359. The van der Waals surface area contributed by atoms with Crippen molar-refractivity contribution in [2.45, 2.75) is 12.3 Å². The minimum atomic E-state index is -0.206. The molecule has 0 bridgehead atoms. The largest absolute Gasteiger partial charge is 0.350 e. The highest BCUT2D eigenvalue weighted by Gasteiger charge is 2.26. The van der Waals surface area contributed by atoms with Crippen LogP contribution in [0.15, 0.2) is 199 Å². The van der Waals surface area contributed by atoms with E-state index in [1.165, 1.54) is 64.2 Å². The van der Waals surface area contributed by atoms with Gasteiger partial charge < -0.3 is 9.88 Å². The molecule has 0 saturated heterocycles. The molecular formula is C51H36N4S. The molecular weight excluding hydrogens is 701 g/mol.